The van der Waals surface area contributed by atoms with E-state index in [9.17, 15) is 4.79 Å². The summed E-state index contributed by atoms with van der Waals surface area (Å²) < 4.78 is 6.26. The molecule has 0 aliphatic rings. The lowest BCUT2D eigenvalue weighted by atomic mass is 9.95. The van der Waals surface area contributed by atoms with Gasteiger partial charge in [0.2, 0.25) is 0 Å². The molecule has 0 aliphatic carbocycles. The van der Waals surface area contributed by atoms with E-state index in [4.69, 9.17) is 4.74 Å². The predicted molar refractivity (Wildman–Crippen MR) is 105 cm³/mol. The van der Waals surface area contributed by atoms with Crippen molar-refractivity contribution in [3.63, 3.8) is 0 Å². The highest BCUT2D eigenvalue weighted by atomic mass is 32.1. The van der Waals surface area contributed by atoms with E-state index >= 15 is 0 Å². The van der Waals surface area contributed by atoms with E-state index in [1.807, 2.05) is 24.3 Å². The summed E-state index contributed by atoms with van der Waals surface area (Å²) in [5.41, 5.74) is 5.94. The molecule has 0 saturated carbocycles. The van der Waals surface area contributed by atoms with Crippen LogP contribution in [0.5, 0.6) is 0 Å². The van der Waals surface area contributed by atoms with Crippen LogP contribution in [0.25, 0.3) is 32.1 Å². The number of H-pyrrole nitrogens is 1. The minimum Gasteiger partial charge on any atom is -0.464 e. The summed E-state index contributed by atoms with van der Waals surface area (Å²) >= 11 is 1.80. The maximum atomic E-state index is 12.4. The van der Waals surface area contributed by atoms with E-state index in [0.29, 0.717) is 5.69 Å². The van der Waals surface area contributed by atoms with E-state index in [-0.39, 0.29) is 5.97 Å². The lowest BCUT2D eigenvalue weighted by molar-refractivity contribution is 0.0596. The second-order valence-corrected chi connectivity index (χ2v) is 7.62. The molecule has 2 aromatic heterocycles. The van der Waals surface area contributed by atoms with E-state index in [1.165, 1.54) is 27.6 Å². The molecule has 0 saturated heterocycles. The van der Waals surface area contributed by atoms with Crippen LogP contribution >= 0.6 is 11.3 Å². The molecule has 4 heteroatoms. The molecule has 2 aromatic carbocycles. The molecule has 3 nitrogen and oxygen atoms in total. The van der Waals surface area contributed by atoms with Crippen LogP contribution in [0.1, 0.15) is 26.5 Å². The lowest BCUT2D eigenvalue weighted by Crippen LogP contribution is -2.03. The van der Waals surface area contributed by atoms with E-state index in [2.05, 4.69) is 37.9 Å². The number of carbonyl (C=O) groups is 1. The molecular formula is C21H19NO2S. The second kappa shape index (κ2) is 5.74. The van der Waals surface area contributed by atoms with Crippen molar-refractivity contribution in [1.29, 1.82) is 0 Å². The van der Waals surface area contributed by atoms with Gasteiger partial charge < -0.3 is 9.72 Å². The Bertz CT molecular complexity index is 1130. The van der Waals surface area contributed by atoms with Gasteiger partial charge in [0.1, 0.15) is 5.69 Å². The number of nitrogens with one attached hydrogen (secondary N) is 1. The fourth-order valence-corrected chi connectivity index (χ4v) is 4.53. The van der Waals surface area contributed by atoms with Gasteiger partial charge in [0, 0.05) is 26.0 Å². The van der Waals surface area contributed by atoms with Crippen LogP contribution in [0.3, 0.4) is 0 Å². The summed E-state index contributed by atoms with van der Waals surface area (Å²) in [7, 11) is 1.42. The number of carbonyl (C=O) groups excluding carboxylic acids is 1. The Morgan fingerprint density at radius 1 is 1.08 bits per heavy atom. The number of aromatic nitrogens is 1. The molecule has 0 aliphatic heterocycles. The normalized spacial score (nSPS) is 11.4. The Hall–Kier alpha value is -2.59. The highest BCUT2D eigenvalue weighted by Crippen LogP contribution is 2.39. The van der Waals surface area contributed by atoms with E-state index in [0.717, 1.165) is 27.6 Å². The van der Waals surface area contributed by atoms with Crippen LogP contribution in [0.2, 0.25) is 0 Å². The van der Waals surface area contributed by atoms with Crippen LogP contribution in [0, 0.1) is 20.8 Å². The van der Waals surface area contributed by atoms with E-state index < -0.39 is 0 Å². The van der Waals surface area contributed by atoms with Crippen LogP contribution < -0.4 is 0 Å². The average Bonchev–Trinajstić information content (AvgIpc) is 3.12. The number of ether oxygens (including phenoxy) is 1. The van der Waals surface area contributed by atoms with Crippen molar-refractivity contribution in [3.8, 4) is 11.1 Å². The van der Waals surface area contributed by atoms with Crippen LogP contribution in [0.15, 0.2) is 36.4 Å². The highest BCUT2D eigenvalue weighted by Gasteiger charge is 2.21. The Morgan fingerprint density at radius 3 is 2.60 bits per heavy atom. The summed E-state index contributed by atoms with van der Waals surface area (Å²) in [5.74, 6) is -0.343. The number of fused-ring (bicyclic) bond motifs is 2. The summed E-state index contributed by atoms with van der Waals surface area (Å²) in [4.78, 5) is 16.9. The topological polar surface area (TPSA) is 42.1 Å². The number of esters is 1. The summed E-state index contributed by atoms with van der Waals surface area (Å²) in [6.07, 6.45) is 0. The molecule has 0 amide bonds. The van der Waals surface area contributed by atoms with Crippen molar-refractivity contribution in [2.75, 3.05) is 7.11 Å². The molecule has 0 atom stereocenters. The number of hydrogen-bond donors (Lipinski definition) is 1. The van der Waals surface area contributed by atoms with Crippen LogP contribution in [-0.4, -0.2) is 18.1 Å². The average molecular weight is 349 g/mol. The van der Waals surface area contributed by atoms with Crippen molar-refractivity contribution in [2.24, 2.45) is 0 Å². The fraction of sp³-hybridized carbons (Fsp3) is 0.190. The molecule has 25 heavy (non-hydrogen) atoms. The number of rotatable bonds is 2. The van der Waals surface area contributed by atoms with Crippen molar-refractivity contribution in [3.05, 3.63) is 58.1 Å². The number of aromatic amines is 1. The third kappa shape index (κ3) is 2.36. The summed E-state index contributed by atoms with van der Waals surface area (Å²) in [6, 6.07) is 12.4. The predicted octanol–water partition coefficient (Wildman–Crippen LogP) is 5.76. The largest absolute Gasteiger partial charge is 0.464 e. The van der Waals surface area contributed by atoms with Gasteiger partial charge in [-0.05, 0) is 61.0 Å². The minimum absolute atomic E-state index is 0.343. The third-order valence-electron chi connectivity index (χ3n) is 4.89. The summed E-state index contributed by atoms with van der Waals surface area (Å²) in [5, 5.41) is 2.33. The Balaban J connectivity index is 2.08. The molecule has 0 fully saturated rings. The molecule has 4 rings (SSSR count). The Morgan fingerprint density at radius 2 is 1.84 bits per heavy atom. The third-order valence-corrected chi connectivity index (χ3v) is 6.06. The van der Waals surface area contributed by atoms with Crippen LogP contribution in [-0.2, 0) is 4.74 Å². The maximum absolute atomic E-state index is 12.4. The van der Waals surface area contributed by atoms with Gasteiger partial charge in [-0.15, -0.1) is 11.3 Å². The van der Waals surface area contributed by atoms with Crippen LogP contribution in [0.4, 0.5) is 0 Å². The molecule has 4 aromatic rings. The van der Waals surface area contributed by atoms with Gasteiger partial charge >= 0.3 is 5.97 Å². The Kier molecular flexibility index (Phi) is 3.65. The first-order chi connectivity index (χ1) is 12.0. The van der Waals surface area contributed by atoms with Gasteiger partial charge in [-0.1, -0.05) is 18.2 Å². The monoisotopic (exact) mass is 349 g/mol. The quantitative estimate of drug-likeness (QED) is 0.467. The van der Waals surface area contributed by atoms with E-state index in [1.54, 1.807) is 11.3 Å². The minimum atomic E-state index is -0.343. The second-order valence-electron chi connectivity index (χ2n) is 6.36. The first-order valence-electron chi connectivity index (χ1n) is 8.21. The molecule has 2 heterocycles. The number of benzene rings is 2. The zero-order chi connectivity index (χ0) is 17.7. The molecule has 126 valence electrons. The van der Waals surface area contributed by atoms with Gasteiger partial charge in [0.25, 0.3) is 0 Å². The highest BCUT2D eigenvalue weighted by molar-refractivity contribution is 7.19. The van der Waals surface area contributed by atoms with Crippen molar-refractivity contribution in [1.82, 2.24) is 4.98 Å². The fourth-order valence-electron chi connectivity index (χ4n) is 3.44. The zero-order valence-electron chi connectivity index (χ0n) is 14.7. The van der Waals surface area contributed by atoms with Gasteiger partial charge in [0.15, 0.2) is 0 Å². The molecule has 0 bridgehead atoms. The van der Waals surface area contributed by atoms with Crippen molar-refractivity contribution in [2.45, 2.75) is 20.8 Å². The number of thiophene rings is 1. The van der Waals surface area contributed by atoms with Crippen molar-refractivity contribution < 1.29 is 9.53 Å². The number of hydrogen-bond acceptors (Lipinski definition) is 3. The Labute approximate surface area is 150 Å². The molecule has 0 spiro atoms. The number of methoxy groups -OCH3 is 1. The zero-order valence-corrected chi connectivity index (χ0v) is 15.5. The van der Waals surface area contributed by atoms with Gasteiger partial charge in [0.05, 0.1) is 7.11 Å². The number of aryl methyl sites for hydroxylation is 3. The van der Waals surface area contributed by atoms with Gasteiger partial charge in [-0.3, -0.25) is 0 Å². The molecule has 1 N–H and O–H groups in total. The smallest absolute Gasteiger partial charge is 0.355 e. The first-order valence-corrected chi connectivity index (χ1v) is 9.02. The van der Waals surface area contributed by atoms with Crippen molar-refractivity contribution >= 4 is 38.3 Å². The SMILES string of the molecule is COC(=O)c1[nH]c2ccccc2c1-c1cc2sc(C)c(C)c2cc1C. The molecular weight excluding hydrogens is 330 g/mol. The molecule has 0 unspecified atom stereocenters. The first kappa shape index (κ1) is 15.9. The maximum Gasteiger partial charge on any atom is 0.355 e. The number of para-hydroxylation sites is 1. The standard InChI is InChI=1S/C21H19NO2S/c1-11-9-16-12(2)13(3)25-18(16)10-15(11)19-14-7-5-6-8-17(14)22-20(19)21(23)24-4/h5-10,22H,1-4H3. The molecule has 0 radical (unpaired) electrons. The van der Waals surface area contributed by atoms with Gasteiger partial charge in [-0.25, -0.2) is 4.79 Å². The summed E-state index contributed by atoms with van der Waals surface area (Å²) in [6.45, 7) is 6.42. The lowest BCUT2D eigenvalue weighted by Gasteiger charge is -2.09. The van der Waals surface area contributed by atoms with Gasteiger partial charge in [-0.2, -0.15) is 0 Å².